The number of allylic oxidation sites excluding steroid dienone is 16. The minimum atomic E-state index is -2.12. The van der Waals surface area contributed by atoms with E-state index in [0.717, 1.165) is 0 Å². The van der Waals surface area contributed by atoms with Gasteiger partial charge in [0.1, 0.15) is 0 Å². The third-order valence-electron chi connectivity index (χ3n) is 12.6. The van der Waals surface area contributed by atoms with Gasteiger partial charge in [-0.3, -0.25) is 0 Å². The monoisotopic (exact) mass is 1000 g/mol. The van der Waals surface area contributed by atoms with E-state index < -0.39 is 41.9 Å². The van der Waals surface area contributed by atoms with Crippen LogP contribution in [0.1, 0.15) is 138 Å². The summed E-state index contributed by atoms with van der Waals surface area (Å²) in [5, 5.41) is 0. The molecule has 0 amide bonds. The summed E-state index contributed by atoms with van der Waals surface area (Å²) in [7, 11) is 0. The number of hydrogen-bond acceptors (Lipinski definition) is 0. The Hall–Kier alpha value is -0.0197. The Labute approximate surface area is 312 Å². The molecule has 4 unspecified atom stereocenters. The predicted octanol–water partition coefficient (Wildman–Crippen LogP) is 13.5. The molecule has 0 aliphatic heterocycles. The first-order chi connectivity index (χ1) is 20.2. The van der Waals surface area contributed by atoms with Gasteiger partial charge in [-0.1, -0.05) is 0 Å². The van der Waals surface area contributed by atoms with Crippen molar-refractivity contribution >= 4 is 31.3 Å². The number of halogens is 2. The van der Waals surface area contributed by atoms with E-state index in [-0.39, 0.29) is 24.8 Å². The average Bonchev–Trinajstić information content (AvgIpc) is 3.44. The molecule has 0 aromatic heterocycles. The van der Waals surface area contributed by atoms with Crippen LogP contribution in [0.3, 0.4) is 0 Å². The molecular weight excluding hydrogens is 932 g/mol. The van der Waals surface area contributed by atoms with E-state index in [4.69, 9.17) is 0 Å². The standard InChI is InChI=1S/4C9H13.2C3H6.2ClH.2Hf/c4*1-6-5-7(2)9(4)8(6)3;2*1-3-2;;;;/h4*6H,1-4H3;2*1-2H3;2*1H;;. The number of rotatable bonds is 4. The predicted molar refractivity (Wildman–Crippen MR) is 208 cm³/mol. The zero-order valence-corrected chi connectivity index (χ0v) is 41.9. The summed E-state index contributed by atoms with van der Waals surface area (Å²) in [5.41, 5.74) is 19.2. The summed E-state index contributed by atoms with van der Waals surface area (Å²) >= 11 is -4.23. The maximum Gasteiger partial charge on any atom is -0.147 e. The second-order valence-corrected chi connectivity index (χ2v) is 35.3. The van der Waals surface area contributed by atoms with Gasteiger partial charge in [0.15, 0.2) is 0 Å². The minimum absolute atomic E-state index is 0. The van der Waals surface area contributed by atoms with Crippen LogP contribution < -0.4 is 0 Å². The van der Waals surface area contributed by atoms with Gasteiger partial charge < -0.3 is 0 Å². The average molecular weight is 999 g/mol. The van der Waals surface area contributed by atoms with E-state index in [0.29, 0.717) is 23.7 Å². The van der Waals surface area contributed by atoms with Gasteiger partial charge in [0.25, 0.3) is 0 Å². The van der Waals surface area contributed by atoms with Crippen molar-refractivity contribution in [2.24, 2.45) is 23.7 Å². The molecular formula is C42H66Cl2Hf2. The molecule has 256 valence electrons. The molecule has 4 aliphatic rings. The fourth-order valence-corrected chi connectivity index (χ4v) is 35.7. The molecule has 0 aromatic carbocycles. The molecule has 0 fully saturated rings. The topological polar surface area (TPSA) is 0 Å². The summed E-state index contributed by atoms with van der Waals surface area (Å²) in [6.45, 7) is 47.7. The van der Waals surface area contributed by atoms with Crippen molar-refractivity contribution in [1.82, 2.24) is 0 Å². The summed E-state index contributed by atoms with van der Waals surface area (Å²) in [4.78, 5) is 0. The van der Waals surface area contributed by atoms with Crippen molar-refractivity contribution < 1.29 is 41.9 Å². The van der Waals surface area contributed by atoms with Crippen LogP contribution in [0.25, 0.3) is 0 Å². The van der Waals surface area contributed by atoms with Crippen molar-refractivity contribution in [1.29, 1.82) is 0 Å². The van der Waals surface area contributed by atoms with E-state index in [9.17, 15) is 0 Å². The molecule has 46 heavy (non-hydrogen) atoms. The molecule has 0 saturated carbocycles. The van der Waals surface area contributed by atoms with E-state index in [1.165, 1.54) is 0 Å². The van der Waals surface area contributed by atoms with E-state index in [1.807, 2.05) is 13.3 Å². The Kier molecular flexibility index (Phi) is 16.1. The van der Waals surface area contributed by atoms with Crippen LogP contribution in [0.15, 0.2) is 80.2 Å². The summed E-state index contributed by atoms with van der Waals surface area (Å²) < 4.78 is 11.0. The quantitative estimate of drug-likeness (QED) is 0.246. The Morgan fingerprint density at radius 1 is 0.326 bits per heavy atom. The van der Waals surface area contributed by atoms with Crippen molar-refractivity contribution in [2.45, 2.75) is 138 Å². The van der Waals surface area contributed by atoms with Crippen molar-refractivity contribution in [3.8, 4) is 0 Å². The van der Waals surface area contributed by atoms with Gasteiger partial charge in [0.05, 0.1) is 0 Å². The van der Waals surface area contributed by atoms with Crippen LogP contribution in [0.5, 0.6) is 0 Å². The summed E-state index contributed by atoms with van der Waals surface area (Å²) in [6, 6.07) is 0. The fraction of sp³-hybridized carbons (Fsp3) is 0.571. The summed E-state index contributed by atoms with van der Waals surface area (Å²) in [6.07, 6.45) is 0. The van der Waals surface area contributed by atoms with Gasteiger partial charge in [0.2, 0.25) is 0 Å². The molecule has 0 N–H and O–H groups in total. The van der Waals surface area contributed by atoms with Crippen LogP contribution in [0.4, 0.5) is 0 Å². The third kappa shape index (κ3) is 7.51. The first-order valence-electron chi connectivity index (χ1n) is 17.1. The van der Waals surface area contributed by atoms with Gasteiger partial charge in [-0.05, 0) is 0 Å². The Bertz CT molecular complexity index is 1400. The van der Waals surface area contributed by atoms with Crippen molar-refractivity contribution in [3.63, 3.8) is 0 Å². The van der Waals surface area contributed by atoms with Crippen LogP contribution in [0, 0.1) is 23.7 Å². The number of hydrogen-bond donors (Lipinski definition) is 0. The molecule has 0 saturated heterocycles. The van der Waals surface area contributed by atoms with E-state index in [2.05, 4.69) is 138 Å². The van der Waals surface area contributed by atoms with E-state index >= 15 is 0 Å². The van der Waals surface area contributed by atoms with Crippen LogP contribution in [-0.4, -0.2) is 6.51 Å². The third-order valence-corrected chi connectivity index (χ3v) is 39.2. The Morgan fingerprint density at radius 3 is 0.565 bits per heavy atom. The maximum atomic E-state index is 2.45. The SMILES string of the molecule is CC1=C(C)C(C)[C]([Hf]([C]2=C(C)C(C)=C(C)C2C)=[C](C)C)=C1C.CC1=C(C)C(C)[C]([Hf]([C]2=C(C)C(C)=C(C)C2C)=[C](C)C)=C1C.Cl.Cl. The normalized spacial score (nSPS) is 24.8. The maximum absolute atomic E-state index is 2.45. The van der Waals surface area contributed by atoms with Crippen LogP contribution >= 0.6 is 24.8 Å². The second-order valence-electron chi connectivity index (χ2n) is 15.0. The molecule has 4 atom stereocenters. The molecule has 0 aromatic rings. The van der Waals surface area contributed by atoms with Gasteiger partial charge >= 0.3 is 291 Å². The molecule has 0 spiro atoms. The fourth-order valence-electron chi connectivity index (χ4n) is 8.44. The molecule has 0 heterocycles. The van der Waals surface area contributed by atoms with Crippen LogP contribution in [0.2, 0.25) is 0 Å². The van der Waals surface area contributed by atoms with Crippen LogP contribution in [-0.2, 0) is 41.9 Å². The zero-order valence-electron chi connectivity index (χ0n) is 33.1. The van der Waals surface area contributed by atoms with Gasteiger partial charge in [-0.25, -0.2) is 0 Å². The van der Waals surface area contributed by atoms with E-state index in [1.54, 1.807) is 73.4 Å². The van der Waals surface area contributed by atoms with Gasteiger partial charge in [-0.2, -0.15) is 0 Å². The molecule has 4 rings (SSSR count). The Morgan fingerprint density at radius 2 is 0.478 bits per heavy atom. The molecule has 0 radical (unpaired) electrons. The molecule has 4 aliphatic carbocycles. The molecule has 0 nitrogen and oxygen atoms in total. The van der Waals surface area contributed by atoms with Gasteiger partial charge in [0, 0.05) is 0 Å². The molecule has 0 bridgehead atoms. The largest absolute Gasteiger partial charge is 0.147 e. The summed E-state index contributed by atoms with van der Waals surface area (Å²) in [5.74, 6) is 2.69. The second kappa shape index (κ2) is 16.8. The van der Waals surface area contributed by atoms with Gasteiger partial charge in [-0.15, -0.1) is 24.8 Å². The van der Waals surface area contributed by atoms with Crippen molar-refractivity contribution in [2.75, 3.05) is 0 Å². The molecule has 4 heteroatoms. The zero-order chi connectivity index (χ0) is 33.9. The first kappa shape index (κ1) is 44.0. The minimum Gasteiger partial charge on any atom is -0.147 e. The van der Waals surface area contributed by atoms with Crippen molar-refractivity contribution in [3.05, 3.63) is 80.2 Å². The Balaban J connectivity index is 0.000000441. The smallest absolute Gasteiger partial charge is 0.147 e. The first-order valence-corrected chi connectivity index (χ1v) is 27.9.